The van der Waals surface area contributed by atoms with E-state index in [1.165, 1.54) is 5.56 Å². The number of hydrogen-bond donors (Lipinski definition) is 1. The number of aromatic nitrogens is 1. The van der Waals surface area contributed by atoms with Crippen LogP contribution < -0.4 is 14.8 Å². The van der Waals surface area contributed by atoms with E-state index in [0.29, 0.717) is 6.54 Å². The number of rotatable bonds is 4. The van der Waals surface area contributed by atoms with Crippen LogP contribution >= 0.6 is 15.9 Å². The van der Waals surface area contributed by atoms with E-state index < -0.39 is 0 Å². The minimum absolute atomic E-state index is 0.236. The first-order valence-electron chi connectivity index (χ1n) is 6.88. The van der Waals surface area contributed by atoms with Crippen molar-refractivity contribution in [1.29, 1.82) is 0 Å². The average Bonchev–Trinajstić information content (AvgIpc) is 2.84. The maximum absolute atomic E-state index is 5.82. The molecule has 1 aromatic carbocycles. The van der Waals surface area contributed by atoms with Gasteiger partial charge in [-0.2, -0.15) is 0 Å². The van der Waals surface area contributed by atoms with Gasteiger partial charge in [-0.25, -0.2) is 4.98 Å². The van der Waals surface area contributed by atoms with Gasteiger partial charge in [0.1, 0.15) is 22.2 Å². The largest absolute Gasteiger partial charge is 0.496 e. The van der Waals surface area contributed by atoms with E-state index in [4.69, 9.17) is 9.47 Å². The lowest BCUT2D eigenvalue weighted by molar-refractivity contribution is 0.254. The highest BCUT2D eigenvalue weighted by atomic mass is 79.9. The Balaban J connectivity index is 1.82. The standard InChI is InChI=1S/C16H17BrN2O2/c1-10-6-11-7-14(20-2)12(8-15(11)21-10)9-19-13-4-3-5-18-16(13)17/h3-5,7-8,10,19H,6,9H2,1-2H3. The monoisotopic (exact) mass is 348 g/mol. The first-order valence-corrected chi connectivity index (χ1v) is 7.67. The van der Waals surface area contributed by atoms with Gasteiger partial charge in [-0.15, -0.1) is 0 Å². The molecule has 1 aliphatic rings. The molecule has 2 aromatic rings. The van der Waals surface area contributed by atoms with Gasteiger partial charge in [-0.05, 0) is 47.1 Å². The number of nitrogens with one attached hydrogen (secondary N) is 1. The molecule has 2 heterocycles. The molecule has 1 aromatic heterocycles. The number of anilines is 1. The van der Waals surface area contributed by atoms with Gasteiger partial charge in [0.05, 0.1) is 12.8 Å². The van der Waals surface area contributed by atoms with Gasteiger partial charge in [-0.1, -0.05) is 0 Å². The Kier molecular flexibility index (Phi) is 4.01. The third kappa shape index (κ3) is 2.97. The van der Waals surface area contributed by atoms with Gasteiger partial charge < -0.3 is 14.8 Å². The van der Waals surface area contributed by atoms with Crippen molar-refractivity contribution in [2.45, 2.75) is 26.0 Å². The number of fused-ring (bicyclic) bond motifs is 1. The molecule has 0 aliphatic carbocycles. The van der Waals surface area contributed by atoms with Crippen LogP contribution in [0.25, 0.3) is 0 Å². The van der Waals surface area contributed by atoms with Crippen LogP contribution in [0.15, 0.2) is 35.1 Å². The van der Waals surface area contributed by atoms with E-state index in [-0.39, 0.29) is 6.10 Å². The van der Waals surface area contributed by atoms with Crippen molar-refractivity contribution in [3.8, 4) is 11.5 Å². The molecule has 1 N–H and O–H groups in total. The summed E-state index contributed by atoms with van der Waals surface area (Å²) in [5, 5.41) is 3.36. The molecule has 1 unspecified atom stereocenters. The zero-order valence-electron chi connectivity index (χ0n) is 12.0. The van der Waals surface area contributed by atoms with Gasteiger partial charge in [0.25, 0.3) is 0 Å². The minimum atomic E-state index is 0.236. The third-order valence-electron chi connectivity index (χ3n) is 3.53. The zero-order valence-corrected chi connectivity index (χ0v) is 13.6. The second-order valence-corrected chi connectivity index (χ2v) is 5.85. The predicted octanol–water partition coefficient (Wildman–Crippen LogP) is 3.79. The highest BCUT2D eigenvalue weighted by molar-refractivity contribution is 9.10. The van der Waals surface area contributed by atoms with Crippen LogP contribution in [0.1, 0.15) is 18.1 Å². The van der Waals surface area contributed by atoms with Gasteiger partial charge in [0.15, 0.2) is 0 Å². The number of nitrogens with zero attached hydrogens (tertiary/aromatic N) is 1. The maximum Gasteiger partial charge on any atom is 0.129 e. The van der Waals surface area contributed by atoms with Crippen LogP contribution in [-0.2, 0) is 13.0 Å². The molecule has 0 saturated heterocycles. The van der Waals surface area contributed by atoms with Crippen molar-refractivity contribution in [2.75, 3.05) is 12.4 Å². The molecule has 0 spiro atoms. The van der Waals surface area contributed by atoms with Crippen molar-refractivity contribution in [2.24, 2.45) is 0 Å². The molecule has 0 saturated carbocycles. The fourth-order valence-electron chi connectivity index (χ4n) is 2.52. The summed E-state index contributed by atoms with van der Waals surface area (Å²) in [5.74, 6) is 1.85. The van der Waals surface area contributed by atoms with E-state index in [1.807, 2.05) is 12.1 Å². The summed E-state index contributed by atoms with van der Waals surface area (Å²) in [6.45, 7) is 2.73. The summed E-state index contributed by atoms with van der Waals surface area (Å²) < 4.78 is 12.1. The van der Waals surface area contributed by atoms with Crippen molar-refractivity contribution >= 4 is 21.6 Å². The molecule has 3 rings (SSSR count). The van der Waals surface area contributed by atoms with Crippen molar-refractivity contribution in [3.63, 3.8) is 0 Å². The van der Waals surface area contributed by atoms with Crippen molar-refractivity contribution < 1.29 is 9.47 Å². The fourth-order valence-corrected chi connectivity index (χ4v) is 2.91. The number of ether oxygens (including phenoxy) is 2. The van der Waals surface area contributed by atoms with E-state index in [9.17, 15) is 0 Å². The summed E-state index contributed by atoms with van der Waals surface area (Å²) >= 11 is 3.43. The minimum Gasteiger partial charge on any atom is -0.496 e. The highest BCUT2D eigenvalue weighted by Crippen LogP contribution is 2.35. The number of hydrogen-bond acceptors (Lipinski definition) is 4. The molecule has 1 aliphatic heterocycles. The lowest BCUT2D eigenvalue weighted by Gasteiger charge is -2.13. The first kappa shape index (κ1) is 14.2. The van der Waals surface area contributed by atoms with Crippen LogP contribution in [-0.4, -0.2) is 18.2 Å². The van der Waals surface area contributed by atoms with Gasteiger partial charge in [-0.3, -0.25) is 0 Å². The SMILES string of the molecule is COc1cc2c(cc1CNc1cccnc1Br)OC(C)C2. The molecule has 0 fully saturated rings. The summed E-state index contributed by atoms with van der Waals surface area (Å²) in [5.41, 5.74) is 3.24. The van der Waals surface area contributed by atoms with E-state index >= 15 is 0 Å². The topological polar surface area (TPSA) is 43.4 Å². The average molecular weight is 349 g/mol. The Morgan fingerprint density at radius 3 is 3.10 bits per heavy atom. The summed E-state index contributed by atoms with van der Waals surface area (Å²) in [4.78, 5) is 4.20. The van der Waals surface area contributed by atoms with Crippen LogP contribution in [0.5, 0.6) is 11.5 Å². The molecule has 1 atom stereocenters. The Morgan fingerprint density at radius 1 is 1.48 bits per heavy atom. The Morgan fingerprint density at radius 2 is 2.33 bits per heavy atom. The fraction of sp³-hybridized carbons (Fsp3) is 0.312. The van der Waals surface area contributed by atoms with Crippen molar-refractivity contribution in [3.05, 3.63) is 46.2 Å². The number of methoxy groups -OCH3 is 1. The van der Waals surface area contributed by atoms with E-state index in [0.717, 1.165) is 33.8 Å². The van der Waals surface area contributed by atoms with Crippen LogP contribution in [0.4, 0.5) is 5.69 Å². The Labute approximate surface area is 132 Å². The second kappa shape index (κ2) is 5.93. The maximum atomic E-state index is 5.82. The number of halogens is 1. The van der Waals surface area contributed by atoms with Gasteiger partial charge >= 0.3 is 0 Å². The summed E-state index contributed by atoms with van der Waals surface area (Å²) in [6, 6.07) is 8.02. The van der Waals surface area contributed by atoms with Crippen LogP contribution in [0.3, 0.4) is 0 Å². The molecule has 110 valence electrons. The smallest absolute Gasteiger partial charge is 0.129 e. The number of benzene rings is 1. The third-order valence-corrected chi connectivity index (χ3v) is 4.16. The summed E-state index contributed by atoms with van der Waals surface area (Å²) in [6.07, 6.45) is 2.92. The van der Waals surface area contributed by atoms with Gasteiger partial charge in [0, 0.05) is 30.3 Å². The van der Waals surface area contributed by atoms with Crippen LogP contribution in [0, 0.1) is 0 Å². The molecule has 0 amide bonds. The Hall–Kier alpha value is -1.75. The summed E-state index contributed by atoms with van der Waals surface area (Å²) in [7, 11) is 1.70. The predicted molar refractivity (Wildman–Crippen MR) is 86.1 cm³/mol. The van der Waals surface area contributed by atoms with E-state index in [1.54, 1.807) is 13.3 Å². The van der Waals surface area contributed by atoms with Gasteiger partial charge in [0.2, 0.25) is 0 Å². The molecule has 4 nitrogen and oxygen atoms in total. The zero-order chi connectivity index (χ0) is 14.8. The molecular weight excluding hydrogens is 332 g/mol. The lowest BCUT2D eigenvalue weighted by Crippen LogP contribution is -2.05. The lowest BCUT2D eigenvalue weighted by atomic mass is 10.1. The molecular formula is C16H17BrN2O2. The van der Waals surface area contributed by atoms with E-state index in [2.05, 4.69) is 45.3 Å². The van der Waals surface area contributed by atoms with Crippen LogP contribution in [0.2, 0.25) is 0 Å². The highest BCUT2D eigenvalue weighted by Gasteiger charge is 2.21. The number of pyridine rings is 1. The molecule has 0 radical (unpaired) electrons. The normalized spacial score (nSPS) is 16.2. The Bertz CT molecular complexity index is 661. The molecule has 5 heteroatoms. The first-order chi connectivity index (χ1) is 10.2. The van der Waals surface area contributed by atoms with Crippen molar-refractivity contribution in [1.82, 2.24) is 4.98 Å². The quantitative estimate of drug-likeness (QED) is 0.853. The molecule has 21 heavy (non-hydrogen) atoms. The molecule has 0 bridgehead atoms. The second-order valence-electron chi connectivity index (χ2n) is 5.10.